The molecule has 2 aromatic carbocycles. The third-order valence-corrected chi connectivity index (χ3v) is 5.19. The molecule has 0 aliphatic carbocycles. The molecule has 6 heteroatoms. The van der Waals surface area contributed by atoms with Gasteiger partial charge in [-0.05, 0) is 53.0 Å². The van der Waals surface area contributed by atoms with Crippen LogP contribution in [0.15, 0.2) is 54.6 Å². The molecule has 0 unspecified atom stereocenters. The molecule has 1 aliphatic heterocycles. The van der Waals surface area contributed by atoms with Gasteiger partial charge in [0.25, 0.3) is 0 Å². The van der Waals surface area contributed by atoms with Gasteiger partial charge in [-0.1, -0.05) is 50.2 Å². The first-order valence-electron chi connectivity index (χ1n) is 10.3. The second-order valence-corrected chi connectivity index (χ2v) is 8.09. The van der Waals surface area contributed by atoms with Crippen molar-refractivity contribution in [1.82, 2.24) is 10.2 Å². The Balaban J connectivity index is 1.45. The molecule has 0 atom stereocenters. The maximum absolute atomic E-state index is 12.1. The fourth-order valence-electron chi connectivity index (χ4n) is 3.19. The molecule has 1 amide bonds. The summed E-state index contributed by atoms with van der Waals surface area (Å²) in [5.74, 6) is 0.229. The summed E-state index contributed by atoms with van der Waals surface area (Å²) >= 11 is 5.25. The minimum atomic E-state index is -0.260. The van der Waals surface area contributed by atoms with Crippen LogP contribution in [-0.2, 0) is 16.1 Å². The smallest absolute Gasteiger partial charge is 0.250 e. The monoisotopic (exact) mass is 423 g/mol. The molecule has 3 rings (SSSR count). The van der Waals surface area contributed by atoms with Gasteiger partial charge >= 0.3 is 0 Å². The van der Waals surface area contributed by atoms with E-state index in [1.807, 2.05) is 24.3 Å². The number of morpholine rings is 1. The van der Waals surface area contributed by atoms with Crippen LogP contribution < -0.4 is 10.6 Å². The molecule has 0 spiro atoms. The number of rotatable bonds is 6. The summed E-state index contributed by atoms with van der Waals surface area (Å²) in [5, 5.41) is 6.01. The van der Waals surface area contributed by atoms with E-state index in [2.05, 4.69) is 53.6 Å². The molecule has 158 valence electrons. The molecular weight excluding hydrogens is 394 g/mol. The van der Waals surface area contributed by atoms with Crippen molar-refractivity contribution in [3.05, 3.63) is 71.3 Å². The first-order chi connectivity index (χ1) is 14.5. The van der Waals surface area contributed by atoms with E-state index >= 15 is 0 Å². The molecule has 2 N–H and O–H groups in total. The Morgan fingerprint density at radius 3 is 2.40 bits per heavy atom. The topological polar surface area (TPSA) is 53.6 Å². The number of ether oxygens (including phenoxy) is 1. The van der Waals surface area contributed by atoms with Gasteiger partial charge in [-0.2, -0.15) is 0 Å². The van der Waals surface area contributed by atoms with Crippen LogP contribution in [0.1, 0.15) is 36.5 Å². The lowest BCUT2D eigenvalue weighted by molar-refractivity contribution is -0.115. The highest BCUT2D eigenvalue weighted by molar-refractivity contribution is 7.80. The second-order valence-electron chi connectivity index (χ2n) is 7.68. The van der Waals surface area contributed by atoms with Crippen molar-refractivity contribution in [1.29, 1.82) is 0 Å². The van der Waals surface area contributed by atoms with Crippen LogP contribution in [0.4, 0.5) is 5.69 Å². The number of hydrogen-bond acceptors (Lipinski definition) is 4. The Bertz CT molecular complexity index is 870. The Hall–Kier alpha value is -2.54. The lowest BCUT2D eigenvalue weighted by Gasteiger charge is -2.26. The van der Waals surface area contributed by atoms with Crippen LogP contribution in [0, 0.1) is 0 Å². The number of nitrogens with one attached hydrogen (secondary N) is 2. The predicted molar refractivity (Wildman–Crippen MR) is 126 cm³/mol. The van der Waals surface area contributed by atoms with E-state index in [1.165, 1.54) is 17.2 Å². The minimum absolute atomic E-state index is 0.260. The van der Waals surface area contributed by atoms with Crippen molar-refractivity contribution in [3.63, 3.8) is 0 Å². The molecule has 1 saturated heterocycles. The zero-order chi connectivity index (χ0) is 21.3. The first kappa shape index (κ1) is 22.2. The van der Waals surface area contributed by atoms with Crippen molar-refractivity contribution in [2.24, 2.45) is 0 Å². The fourth-order valence-corrected chi connectivity index (χ4v) is 3.41. The lowest BCUT2D eigenvalue weighted by atomic mass is 10.0. The van der Waals surface area contributed by atoms with Crippen molar-refractivity contribution < 1.29 is 9.53 Å². The highest BCUT2D eigenvalue weighted by Crippen LogP contribution is 2.15. The van der Waals surface area contributed by atoms with Crippen LogP contribution in [0.2, 0.25) is 0 Å². The Labute approximate surface area is 184 Å². The summed E-state index contributed by atoms with van der Waals surface area (Å²) in [6.07, 6.45) is 3.27. The van der Waals surface area contributed by atoms with Crippen molar-refractivity contribution in [3.8, 4) is 0 Å². The quantitative estimate of drug-likeness (QED) is 0.540. The second kappa shape index (κ2) is 11.0. The summed E-state index contributed by atoms with van der Waals surface area (Å²) in [7, 11) is 0. The van der Waals surface area contributed by atoms with Gasteiger partial charge in [-0.25, -0.2) is 0 Å². The predicted octanol–water partition coefficient (Wildman–Crippen LogP) is 4.17. The van der Waals surface area contributed by atoms with Gasteiger partial charge in [0.1, 0.15) is 0 Å². The van der Waals surface area contributed by atoms with Crippen LogP contribution in [0.25, 0.3) is 6.08 Å². The van der Waals surface area contributed by atoms with Crippen LogP contribution >= 0.6 is 12.2 Å². The fraction of sp³-hybridized carbons (Fsp3) is 0.333. The molecule has 30 heavy (non-hydrogen) atoms. The summed E-state index contributed by atoms with van der Waals surface area (Å²) in [6.45, 7) is 8.75. The number of hydrogen-bond donors (Lipinski definition) is 2. The maximum atomic E-state index is 12.1. The van der Waals surface area contributed by atoms with Gasteiger partial charge < -0.3 is 10.1 Å². The third kappa shape index (κ3) is 7.06. The molecule has 1 heterocycles. The molecule has 0 bridgehead atoms. The van der Waals surface area contributed by atoms with Crippen molar-refractivity contribution in [2.75, 3.05) is 31.6 Å². The maximum Gasteiger partial charge on any atom is 0.250 e. The van der Waals surface area contributed by atoms with Gasteiger partial charge in [-0.3, -0.25) is 15.0 Å². The average Bonchev–Trinajstić information content (AvgIpc) is 2.74. The van der Waals surface area contributed by atoms with Crippen molar-refractivity contribution in [2.45, 2.75) is 26.3 Å². The van der Waals surface area contributed by atoms with Gasteiger partial charge in [0, 0.05) is 31.4 Å². The Morgan fingerprint density at radius 2 is 1.77 bits per heavy atom. The van der Waals surface area contributed by atoms with Crippen LogP contribution in [-0.4, -0.2) is 42.2 Å². The number of carbonyl (C=O) groups is 1. The van der Waals surface area contributed by atoms with Crippen LogP contribution in [0.5, 0.6) is 0 Å². The molecule has 1 aliphatic rings. The SMILES string of the molecule is CC(C)c1ccc(C=CC(=O)NC(=S)Nc2ccc(CN3CCOCC3)cc2)cc1. The number of anilines is 1. The number of amides is 1. The van der Waals surface area contributed by atoms with E-state index in [0.717, 1.165) is 44.1 Å². The zero-order valence-electron chi connectivity index (χ0n) is 17.6. The van der Waals surface area contributed by atoms with Gasteiger partial charge in [0.05, 0.1) is 13.2 Å². The zero-order valence-corrected chi connectivity index (χ0v) is 18.4. The van der Waals surface area contributed by atoms with E-state index in [4.69, 9.17) is 17.0 Å². The molecule has 5 nitrogen and oxygen atoms in total. The molecule has 1 fully saturated rings. The average molecular weight is 424 g/mol. The molecule has 0 saturated carbocycles. The summed E-state index contributed by atoms with van der Waals surface area (Å²) in [4.78, 5) is 14.5. The van der Waals surface area contributed by atoms with Gasteiger partial charge in [0.15, 0.2) is 5.11 Å². The van der Waals surface area contributed by atoms with Crippen LogP contribution in [0.3, 0.4) is 0 Å². The van der Waals surface area contributed by atoms with E-state index < -0.39 is 0 Å². The minimum Gasteiger partial charge on any atom is -0.379 e. The number of thiocarbonyl (C=S) groups is 1. The first-order valence-corrected chi connectivity index (χ1v) is 10.7. The van der Waals surface area contributed by atoms with E-state index in [1.54, 1.807) is 6.08 Å². The lowest BCUT2D eigenvalue weighted by Crippen LogP contribution is -2.35. The van der Waals surface area contributed by atoms with E-state index in [0.29, 0.717) is 5.92 Å². The molecule has 2 aromatic rings. The largest absolute Gasteiger partial charge is 0.379 e. The number of carbonyl (C=O) groups excluding carboxylic acids is 1. The summed E-state index contributed by atoms with van der Waals surface area (Å²) in [5.41, 5.74) is 4.34. The Morgan fingerprint density at radius 1 is 1.10 bits per heavy atom. The normalized spacial score (nSPS) is 14.8. The van der Waals surface area contributed by atoms with Crippen molar-refractivity contribution >= 4 is 35.0 Å². The van der Waals surface area contributed by atoms with Gasteiger partial charge in [0.2, 0.25) is 5.91 Å². The summed E-state index contributed by atoms with van der Waals surface area (Å²) < 4.78 is 5.38. The third-order valence-electron chi connectivity index (χ3n) is 4.99. The Kier molecular flexibility index (Phi) is 8.13. The van der Waals surface area contributed by atoms with Gasteiger partial charge in [-0.15, -0.1) is 0 Å². The standard InChI is InChI=1S/C24H29N3O2S/c1-18(2)21-8-3-19(4-9-21)7-12-23(28)26-24(30)25-22-10-5-20(6-11-22)17-27-13-15-29-16-14-27/h3-12,18H,13-17H2,1-2H3,(H2,25,26,28,30). The summed E-state index contributed by atoms with van der Waals surface area (Å²) in [6, 6.07) is 16.3. The number of benzene rings is 2. The highest BCUT2D eigenvalue weighted by atomic mass is 32.1. The molecular formula is C24H29N3O2S. The number of nitrogens with zero attached hydrogens (tertiary/aromatic N) is 1. The van der Waals surface area contributed by atoms with E-state index in [-0.39, 0.29) is 11.0 Å². The molecule has 0 aromatic heterocycles. The highest BCUT2D eigenvalue weighted by Gasteiger charge is 2.10. The molecule has 0 radical (unpaired) electrons. The van der Waals surface area contributed by atoms with E-state index in [9.17, 15) is 4.79 Å².